The van der Waals surface area contributed by atoms with Gasteiger partial charge in [-0.3, -0.25) is 9.69 Å². The molecule has 1 aromatic rings. The van der Waals surface area contributed by atoms with Crippen LogP contribution in [0.1, 0.15) is 12.0 Å². The number of nitrogens with zero attached hydrogens (tertiary/aromatic N) is 1. The maximum Gasteiger partial charge on any atom is 0.238 e. The lowest BCUT2D eigenvalue weighted by Gasteiger charge is -2.15. The molecule has 2 rings (SSSR count). The first-order chi connectivity index (χ1) is 8.15. The van der Waals surface area contributed by atoms with Gasteiger partial charge in [-0.05, 0) is 25.0 Å². The first kappa shape index (κ1) is 15.0. The molecule has 1 amide bonds. The van der Waals surface area contributed by atoms with E-state index in [0.717, 1.165) is 30.8 Å². The van der Waals surface area contributed by atoms with Gasteiger partial charge in [0.05, 0.1) is 6.54 Å². The number of halogens is 1. The van der Waals surface area contributed by atoms with Crippen molar-refractivity contribution < 1.29 is 4.79 Å². The van der Waals surface area contributed by atoms with Gasteiger partial charge < -0.3 is 11.1 Å². The van der Waals surface area contributed by atoms with E-state index in [4.69, 9.17) is 5.73 Å². The Morgan fingerprint density at radius 2 is 2.22 bits per heavy atom. The van der Waals surface area contributed by atoms with E-state index < -0.39 is 0 Å². The van der Waals surface area contributed by atoms with Crippen LogP contribution in [0.3, 0.4) is 0 Å². The molecule has 1 fully saturated rings. The van der Waals surface area contributed by atoms with Gasteiger partial charge >= 0.3 is 0 Å². The van der Waals surface area contributed by atoms with Gasteiger partial charge in [-0.1, -0.05) is 18.2 Å². The quantitative estimate of drug-likeness (QED) is 0.872. The highest BCUT2D eigenvalue weighted by atomic mass is 35.5. The molecule has 1 unspecified atom stereocenters. The summed E-state index contributed by atoms with van der Waals surface area (Å²) in [6, 6.07) is 8.02. The molecule has 3 N–H and O–H groups in total. The summed E-state index contributed by atoms with van der Waals surface area (Å²) in [7, 11) is 0. The van der Waals surface area contributed by atoms with Gasteiger partial charge in [0, 0.05) is 24.8 Å². The third-order valence-corrected chi connectivity index (χ3v) is 3.10. The van der Waals surface area contributed by atoms with Crippen LogP contribution in [0.4, 0.5) is 5.69 Å². The van der Waals surface area contributed by atoms with Crippen molar-refractivity contribution in [1.29, 1.82) is 0 Å². The topological polar surface area (TPSA) is 58.4 Å². The number of carbonyl (C=O) groups excluding carboxylic acids is 1. The van der Waals surface area contributed by atoms with E-state index in [2.05, 4.69) is 10.2 Å². The van der Waals surface area contributed by atoms with Crippen molar-refractivity contribution in [3.8, 4) is 0 Å². The van der Waals surface area contributed by atoms with Crippen LogP contribution >= 0.6 is 12.4 Å². The summed E-state index contributed by atoms with van der Waals surface area (Å²) in [4.78, 5) is 13.9. The Morgan fingerprint density at radius 3 is 2.83 bits per heavy atom. The van der Waals surface area contributed by atoms with Gasteiger partial charge in [0.15, 0.2) is 0 Å². The first-order valence-electron chi connectivity index (χ1n) is 5.98. The highest BCUT2D eigenvalue weighted by Gasteiger charge is 2.20. The van der Waals surface area contributed by atoms with E-state index in [1.807, 2.05) is 31.2 Å². The molecule has 1 aromatic carbocycles. The van der Waals surface area contributed by atoms with Gasteiger partial charge in [-0.2, -0.15) is 0 Å². The molecule has 100 valence electrons. The molecule has 18 heavy (non-hydrogen) atoms. The Bertz CT molecular complexity index is 411. The van der Waals surface area contributed by atoms with Crippen molar-refractivity contribution in [1.82, 2.24) is 4.90 Å². The van der Waals surface area contributed by atoms with Crippen LogP contribution < -0.4 is 11.1 Å². The lowest BCUT2D eigenvalue weighted by Crippen LogP contribution is -2.33. The molecule has 0 spiro atoms. The van der Waals surface area contributed by atoms with E-state index in [9.17, 15) is 4.79 Å². The molecule has 0 bridgehead atoms. The zero-order valence-electron chi connectivity index (χ0n) is 10.6. The zero-order valence-corrected chi connectivity index (χ0v) is 11.4. The van der Waals surface area contributed by atoms with Crippen molar-refractivity contribution >= 4 is 24.0 Å². The number of amides is 1. The molecule has 1 heterocycles. The number of aryl methyl sites for hydroxylation is 1. The van der Waals surface area contributed by atoms with Crippen LogP contribution in [0.2, 0.25) is 0 Å². The number of anilines is 1. The minimum absolute atomic E-state index is 0. The Kier molecular flexibility index (Phi) is 5.59. The van der Waals surface area contributed by atoms with Gasteiger partial charge in [-0.25, -0.2) is 0 Å². The zero-order chi connectivity index (χ0) is 12.3. The highest BCUT2D eigenvalue weighted by molar-refractivity contribution is 5.92. The Balaban J connectivity index is 0.00000162. The summed E-state index contributed by atoms with van der Waals surface area (Å²) >= 11 is 0. The molecule has 1 aliphatic rings. The predicted molar refractivity (Wildman–Crippen MR) is 76.1 cm³/mol. The van der Waals surface area contributed by atoms with Crippen LogP contribution in [0.25, 0.3) is 0 Å². The minimum Gasteiger partial charge on any atom is -0.326 e. The van der Waals surface area contributed by atoms with Crippen LogP contribution in [0.15, 0.2) is 24.3 Å². The highest BCUT2D eigenvalue weighted by Crippen LogP contribution is 2.13. The van der Waals surface area contributed by atoms with Crippen molar-refractivity contribution in [2.45, 2.75) is 19.4 Å². The number of rotatable bonds is 3. The van der Waals surface area contributed by atoms with E-state index in [1.165, 1.54) is 0 Å². The number of hydrogen-bond donors (Lipinski definition) is 2. The van der Waals surface area contributed by atoms with Gasteiger partial charge in [0.1, 0.15) is 0 Å². The molecule has 0 saturated carbocycles. The van der Waals surface area contributed by atoms with Crippen molar-refractivity contribution in [3.05, 3.63) is 29.8 Å². The summed E-state index contributed by atoms with van der Waals surface area (Å²) in [5, 5.41) is 2.93. The fourth-order valence-electron chi connectivity index (χ4n) is 2.11. The number of nitrogens with one attached hydrogen (secondary N) is 1. The average molecular weight is 270 g/mol. The fraction of sp³-hybridized carbons (Fsp3) is 0.462. The van der Waals surface area contributed by atoms with Crippen molar-refractivity contribution in [3.63, 3.8) is 0 Å². The molecule has 0 aliphatic carbocycles. The fourth-order valence-corrected chi connectivity index (χ4v) is 2.11. The molecule has 1 atom stereocenters. The second-order valence-corrected chi connectivity index (χ2v) is 4.65. The minimum atomic E-state index is 0. The Labute approximate surface area is 114 Å². The second-order valence-electron chi connectivity index (χ2n) is 4.65. The van der Waals surface area contributed by atoms with Gasteiger partial charge in [-0.15, -0.1) is 12.4 Å². The van der Waals surface area contributed by atoms with Crippen LogP contribution in [-0.2, 0) is 4.79 Å². The van der Waals surface area contributed by atoms with E-state index >= 15 is 0 Å². The second kappa shape index (κ2) is 6.73. The Morgan fingerprint density at radius 1 is 1.50 bits per heavy atom. The van der Waals surface area contributed by atoms with Gasteiger partial charge in [0.2, 0.25) is 5.91 Å². The van der Waals surface area contributed by atoms with E-state index in [0.29, 0.717) is 6.54 Å². The summed E-state index contributed by atoms with van der Waals surface area (Å²) in [6.07, 6.45) is 0.984. The normalized spacial score (nSPS) is 19.3. The Hall–Kier alpha value is -1.10. The monoisotopic (exact) mass is 269 g/mol. The summed E-state index contributed by atoms with van der Waals surface area (Å²) in [5.41, 5.74) is 7.78. The molecule has 0 radical (unpaired) electrons. The molecular weight excluding hydrogens is 250 g/mol. The summed E-state index contributed by atoms with van der Waals surface area (Å²) in [6.45, 7) is 4.16. The molecule has 5 heteroatoms. The van der Waals surface area contributed by atoms with Gasteiger partial charge in [0.25, 0.3) is 0 Å². The number of carbonyl (C=O) groups is 1. The standard InChI is InChI=1S/C13H19N3O.ClH/c1-10-4-2-3-5-12(10)15-13(17)9-16-7-6-11(14)8-16;/h2-5,11H,6-9,14H2,1H3,(H,15,17);1H. The van der Waals surface area contributed by atoms with E-state index in [-0.39, 0.29) is 24.4 Å². The average Bonchev–Trinajstić information content (AvgIpc) is 2.67. The molecule has 1 saturated heterocycles. The van der Waals surface area contributed by atoms with E-state index in [1.54, 1.807) is 0 Å². The number of nitrogens with two attached hydrogens (primary N) is 1. The van der Waals surface area contributed by atoms with Crippen molar-refractivity contribution in [2.24, 2.45) is 5.73 Å². The molecular formula is C13H20ClN3O. The summed E-state index contributed by atoms with van der Waals surface area (Å²) in [5.74, 6) is 0.0356. The lowest BCUT2D eigenvalue weighted by atomic mass is 10.2. The third-order valence-electron chi connectivity index (χ3n) is 3.10. The molecule has 1 aliphatic heterocycles. The summed E-state index contributed by atoms with van der Waals surface area (Å²) < 4.78 is 0. The molecule has 4 nitrogen and oxygen atoms in total. The van der Waals surface area contributed by atoms with Crippen LogP contribution in [0.5, 0.6) is 0 Å². The third kappa shape index (κ3) is 3.98. The maximum absolute atomic E-state index is 11.8. The smallest absolute Gasteiger partial charge is 0.238 e. The maximum atomic E-state index is 11.8. The number of benzene rings is 1. The van der Waals surface area contributed by atoms with Crippen molar-refractivity contribution in [2.75, 3.05) is 25.0 Å². The number of likely N-dealkylation sites (tertiary alicyclic amines) is 1. The number of para-hydroxylation sites is 1. The van der Waals surface area contributed by atoms with Crippen LogP contribution in [-0.4, -0.2) is 36.5 Å². The lowest BCUT2D eigenvalue weighted by molar-refractivity contribution is -0.117. The first-order valence-corrected chi connectivity index (χ1v) is 5.98. The van der Waals surface area contributed by atoms with Crippen LogP contribution in [0, 0.1) is 6.92 Å². The molecule has 0 aromatic heterocycles. The SMILES string of the molecule is Cc1ccccc1NC(=O)CN1CCC(N)C1.Cl. The predicted octanol–water partition coefficient (Wildman–Crippen LogP) is 1.39. The largest absolute Gasteiger partial charge is 0.326 e. The number of hydrogen-bond acceptors (Lipinski definition) is 3.